The molecule has 1 aliphatic rings. The smallest absolute Gasteiger partial charge is 0.0736 e. The normalized spacial score (nSPS) is 16.1. The lowest BCUT2D eigenvalue weighted by Crippen LogP contribution is -2.33. The van der Waals surface area contributed by atoms with Crippen LogP contribution in [0.15, 0.2) is 18.2 Å². The van der Waals surface area contributed by atoms with E-state index < -0.39 is 5.97 Å². The van der Waals surface area contributed by atoms with Gasteiger partial charge in [-0.15, -0.1) is 0 Å². The second-order valence-corrected chi connectivity index (χ2v) is 4.11. The first-order valence-electron chi connectivity index (χ1n) is 5.54. The number of nitrogens with two attached hydrogens (primary N) is 1. The van der Waals surface area contributed by atoms with Gasteiger partial charge >= 0.3 is 0 Å². The summed E-state index contributed by atoms with van der Waals surface area (Å²) in [7, 11) is 0. The van der Waals surface area contributed by atoms with E-state index in [1.807, 2.05) is 0 Å². The highest BCUT2D eigenvalue weighted by Crippen LogP contribution is 2.25. The molecule has 1 aliphatic heterocycles. The van der Waals surface area contributed by atoms with Gasteiger partial charge in [-0.3, -0.25) is 0 Å². The van der Waals surface area contributed by atoms with Gasteiger partial charge in [0.15, 0.2) is 0 Å². The summed E-state index contributed by atoms with van der Waals surface area (Å²) < 4.78 is 0. The second kappa shape index (κ2) is 4.43. The van der Waals surface area contributed by atoms with Gasteiger partial charge in [0.05, 0.1) is 5.97 Å². The van der Waals surface area contributed by atoms with Gasteiger partial charge in [0.1, 0.15) is 0 Å². The number of benzene rings is 1. The number of nitrogen functional groups attached to an aromatic ring is 1. The van der Waals surface area contributed by atoms with Crippen molar-refractivity contribution in [1.29, 1.82) is 0 Å². The molecule has 86 valence electrons. The molecule has 2 rings (SSSR count). The van der Waals surface area contributed by atoms with Crippen molar-refractivity contribution in [3.8, 4) is 0 Å². The first-order chi connectivity index (χ1) is 7.68. The molecule has 0 aromatic heterocycles. The van der Waals surface area contributed by atoms with Crippen LogP contribution in [0.3, 0.4) is 0 Å². The van der Waals surface area contributed by atoms with Crippen LogP contribution in [0.5, 0.6) is 0 Å². The molecule has 4 nitrogen and oxygen atoms in total. The highest BCUT2D eigenvalue weighted by atomic mass is 16.4. The summed E-state index contributed by atoms with van der Waals surface area (Å²) in [5.41, 5.74) is 6.97. The molecule has 0 bridgehead atoms. The van der Waals surface area contributed by atoms with Crippen LogP contribution >= 0.6 is 0 Å². The van der Waals surface area contributed by atoms with Crippen molar-refractivity contribution in [3.05, 3.63) is 23.8 Å². The number of carboxylic acids is 1. The Bertz CT molecular complexity index is 398. The van der Waals surface area contributed by atoms with Crippen molar-refractivity contribution in [3.63, 3.8) is 0 Å². The molecule has 4 heteroatoms. The van der Waals surface area contributed by atoms with E-state index in [2.05, 4.69) is 4.90 Å². The van der Waals surface area contributed by atoms with Crippen molar-refractivity contribution in [1.82, 2.24) is 0 Å². The quantitative estimate of drug-likeness (QED) is 0.740. The Kier molecular flexibility index (Phi) is 2.99. The second-order valence-electron chi connectivity index (χ2n) is 4.11. The molecule has 0 radical (unpaired) electrons. The van der Waals surface area contributed by atoms with Gasteiger partial charge in [-0.1, -0.05) is 0 Å². The van der Waals surface area contributed by atoms with Crippen LogP contribution in [0, 0.1) is 0 Å². The minimum atomic E-state index is -1.16. The van der Waals surface area contributed by atoms with Crippen molar-refractivity contribution in [2.75, 3.05) is 23.7 Å². The lowest BCUT2D eigenvalue weighted by molar-refractivity contribution is -0.254. The molecule has 1 aromatic rings. The predicted molar refractivity (Wildman–Crippen MR) is 61.2 cm³/mol. The number of carbonyl (C=O) groups excluding carboxylic acids is 1. The molecular weight excluding hydrogens is 204 g/mol. The molecule has 0 spiro atoms. The first-order valence-corrected chi connectivity index (χ1v) is 5.54. The summed E-state index contributed by atoms with van der Waals surface area (Å²) in [6, 6.07) is 4.97. The molecule has 0 unspecified atom stereocenters. The van der Waals surface area contributed by atoms with Crippen LogP contribution in [0.25, 0.3) is 0 Å². The third-order valence-electron chi connectivity index (χ3n) is 2.94. The van der Waals surface area contributed by atoms with Gasteiger partial charge in [-0.2, -0.15) is 0 Å². The van der Waals surface area contributed by atoms with Gasteiger partial charge in [0.25, 0.3) is 0 Å². The van der Waals surface area contributed by atoms with Crippen LogP contribution in [-0.4, -0.2) is 19.1 Å². The van der Waals surface area contributed by atoms with Gasteiger partial charge in [-0.25, -0.2) is 0 Å². The Balaban J connectivity index is 2.34. The van der Waals surface area contributed by atoms with E-state index in [1.54, 1.807) is 12.1 Å². The minimum Gasteiger partial charge on any atom is -0.545 e. The number of nitrogens with zero attached hydrogens (tertiary/aromatic N) is 1. The number of rotatable bonds is 2. The summed E-state index contributed by atoms with van der Waals surface area (Å²) in [6.07, 6.45) is 3.43. The lowest BCUT2D eigenvalue weighted by atomic mass is 10.1. The average Bonchev–Trinajstić information content (AvgIpc) is 2.30. The SMILES string of the molecule is Nc1ccc(N2CCCCC2)c(C(=O)[O-])c1. The number of carbonyl (C=O) groups is 1. The standard InChI is InChI=1S/C12H16N2O2/c13-9-4-5-11(10(8-9)12(15)16)14-6-2-1-3-7-14/h4-5,8H,1-3,6-7,13H2,(H,15,16)/p-1. The fourth-order valence-corrected chi connectivity index (χ4v) is 2.13. The predicted octanol–water partition coefficient (Wildman–Crippen LogP) is 0.623. The van der Waals surface area contributed by atoms with E-state index in [4.69, 9.17) is 5.73 Å². The molecule has 0 saturated carbocycles. The van der Waals surface area contributed by atoms with E-state index in [0.717, 1.165) is 31.6 Å². The molecule has 0 aliphatic carbocycles. The molecule has 2 N–H and O–H groups in total. The van der Waals surface area contributed by atoms with Crippen LogP contribution in [0.1, 0.15) is 29.6 Å². The van der Waals surface area contributed by atoms with Crippen LogP contribution < -0.4 is 15.7 Å². The fraction of sp³-hybridized carbons (Fsp3) is 0.417. The Labute approximate surface area is 94.7 Å². The Hall–Kier alpha value is -1.71. The van der Waals surface area contributed by atoms with Crippen molar-refractivity contribution >= 4 is 17.3 Å². The Morgan fingerprint density at radius 2 is 1.94 bits per heavy atom. The van der Waals surface area contributed by atoms with E-state index in [0.29, 0.717) is 5.69 Å². The molecule has 1 fully saturated rings. The Morgan fingerprint density at radius 3 is 2.56 bits per heavy atom. The number of piperidine rings is 1. The summed E-state index contributed by atoms with van der Waals surface area (Å²) >= 11 is 0. The lowest BCUT2D eigenvalue weighted by Gasteiger charge is -2.31. The molecule has 1 saturated heterocycles. The molecule has 1 aromatic carbocycles. The molecule has 1 heterocycles. The van der Waals surface area contributed by atoms with E-state index in [9.17, 15) is 9.90 Å². The first kappa shape index (κ1) is 10.8. The van der Waals surface area contributed by atoms with Gasteiger partial charge in [0, 0.05) is 30.0 Å². The third kappa shape index (κ3) is 2.10. The van der Waals surface area contributed by atoms with Crippen molar-refractivity contribution < 1.29 is 9.90 Å². The number of carboxylic acid groups (broad SMARTS) is 1. The maximum absolute atomic E-state index is 11.0. The maximum Gasteiger partial charge on any atom is 0.0736 e. The van der Waals surface area contributed by atoms with E-state index in [-0.39, 0.29) is 5.56 Å². The molecule has 0 amide bonds. The summed E-state index contributed by atoms with van der Waals surface area (Å²) in [5.74, 6) is -1.16. The van der Waals surface area contributed by atoms with Crippen LogP contribution in [0.2, 0.25) is 0 Å². The van der Waals surface area contributed by atoms with Gasteiger partial charge in [0.2, 0.25) is 0 Å². The maximum atomic E-state index is 11.0. The minimum absolute atomic E-state index is 0.196. The molecule has 16 heavy (non-hydrogen) atoms. The highest BCUT2D eigenvalue weighted by molar-refractivity contribution is 5.94. The number of aromatic carboxylic acids is 1. The summed E-state index contributed by atoms with van der Waals surface area (Å²) in [5, 5.41) is 11.0. The zero-order valence-corrected chi connectivity index (χ0v) is 9.11. The number of hydrogen-bond acceptors (Lipinski definition) is 4. The Morgan fingerprint density at radius 1 is 1.25 bits per heavy atom. The third-order valence-corrected chi connectivity index (χ3v) is 2.94. The van der Waals surface area contributed by atoms with Crippen LogP contribution in [-0.2, 0) is 0 Å². The summed E-state index contributed by atoms with van der Waals surface area (Å²) in [4.78, 5) is 13.1. The van der Waals surface area contributed by atoms with Crippen molar-refractivity contribution in [2.24, 2.45) is 0 Å². The zero-order chi connectivity index (χ0) is 11.5. The van der Waals surface area contributed by atoms with E-state index in [1.165, 1.54) is 12.5 Å². The van der Waals surface area contributed by atoms with Gasteiger partial charge < -0.3 is 20.5 Å². The number of hydrogen-bond donors (Lipinski definition) is 1. The number of anilines is 2. The largest absolute Gasteiger partial charge is 0.545 e. The molecule has 0 atom stereocenters. The van der Waals surface area contributed by atoms with Crippen molar-refractivity contribution in [2.45, 2.75) is 19.3 Å². The fourth-order valence-electron chi connectivity index (χ4n) is 2.13. The topological polar surface area (TPSA) is 69.4 Å². The zero-order valence-electron chi connectivity index (χ0n) is 9.11. The average molecular weight is 219 g/mol. The van der Waals surface area contributed by atoms with E-state index >= 15 is 0 Å². The van der Waals surface area contributed by atoms with Gasteiger partial charge in [-0.05, 0) is 37.5 Å². The summed E-state index contributed by atoms with van der Waals surface area (Å²) in [6.45, 7) is 1.81. The monoisotopic (exact) mass is 219 g/mol. The highest BCUT2D eigenvalue weighted by Gasteiger charge is 2.14. The van der Waals surface area contributed by atoms with Crippen LogP contribution in [0.4, 0.5) is 11.4 Å². The molecular formula is C12H15N2O2-.